The maximum atomic E-state index is 11.6. The van der Waals surface area contributed by atoms with Gasteiger partial charge in [-0.1, -0.05) is 0 Å². The van der Waals surface area contributed by atoms with Gasteiger partial charge >= 0.3 is 0 Å². The van der Waals surface area contributed by atoms with Gasteiger partial charge < -0.3 is 9.47 Å². The van der Waals surface area contributed by atoms with Crippen molar-refractivity contribution in [2.75, 3.05) is 20.8 Å². The van der Waals surface area contributed by atoms with Gasteiger partial charge in [-0.05, 0) is 38.0 Å². The van der Waals surface area contributed by atoms with Gasteiger partial charge in [0.15, 0.2) is 11.5 Å². The molecule has 0 saturated carbocycles. The highest BCUT2D eigenvalue weighted by molar-refractivity contribution is 6.14. The van der Waals surface area contributed by atoms with Crippen molar-refractivity contribution in [3.05, 3.63) is 23.3 Å². The fourth-order valence-corrected chi connectivity index (χ4v) is 2.31. The highest BCUT2D eigenvalue weighted by Gasteiger charge is 2.24. The largest absolute Gasteiger partial charge is 0.493 e. The first-order valence-corrected chi connectivity index (χ1v) is 6.38. The highest BCUT2D eigenvalue weighted by Crippen LogP contribution is 2.33. The Hall–Kier alpha value is -1.84. The molecule has 1 aromatic carbocycles. The Balaban J connectivity index is 2.51. The van der Waals surface area contributed by atoms with Crippen LogP contribution in [0.1, 0.15) is 25.0 Å². The molecule has 0 spiro atoms. The monoisotopic (exact) mass is 261 g/mol. The van der Waals surface area contributed by atoms with E-state index >= 15 is 0 Å². The average Bonchev–Trinajstić information content (AvgIpc) is 2.44. The molecule has 0 fully saturated rings. The molecule has 1 aliphatic heterocycles. The van der Waals surface area contributed by atoms with Crippen LogP contribution in [0.3, 0.4) is 0 Å². The van der Waals surface area contributed by atoms with Gasteiger partial charge in [0.1, 0.15) is 5.78 Å². The second kappa shape index (κ2) is 5.43. The molecule has 102 valence electrons. The number of benzene rings is 1. The Morgan fingerprint density at radius 1 is 1.26 bits per heavy atom. The van der Waals surface area contributed by atoms with Crippen LogP contribution in [0.5, 0.6) is 11.5 Å². The average molecular weight is 261 g/mol. The summed E-state index contributed by atoms with van der Waals surface area (Å²) in [6.07, 6.45) is 0.865. The summed E-state index contributed by atoms with van der Waals surface area (Å²) < 4.78 is 10.6. The molecule has 0 aromatic heterocycles. The molecule has 4 heteroatoms. The van der Waals surface area contributed by atoms with Gasteiger partial charge in [-0.3, -0.25) is 9.79 Å². The predicted molar refractivity (Wildman–Crippen MR) is 74.5 cm³/mol. The van der Waals surface area contributed by atoms with Crippen LogP contribution in [0.2, 0.25) is 0 Å². The summed E-state index contributed by atoms with van der Waals surface area (Å²) >= 11 is 0. The first-order chi connectivity index (χ1) is 9.08. The van der Waals surface area contributed by atoms with E-state index in [4.69, 9.17) is 9.47 Å². The van der Waals surface area contributed by atoms with E-state index in [-0.39, 0.29) is 11.7 Å². The lowest BCUT2D eigenvalue weighted by Crippen LogP contribution is -2.24. The lowest BCUT2D eigenvalue weighted by Gasteiger charge is -2.22. The first-order valence-electron chi connectivity index (χ1n) is 6.38. The van der Waals surface area contributed by atoms with Crippen molar-refractivity contribution in [3.8, 4) is 11.5 Å². The van der Waals surface area contributed by atoms with Gasteiger partial charge in [-0.25, -0.2) is 0 Å². The van der Waals surface area contributed by atoms with E-state index in [2.05, 4.69) is 4.99 Å². The van der Waals surface area contributed by atoms with E-state index in [0.29, 0.717) is 5.75 Å². The summed E-state index contributed by atoms with van der Waals surface area (Å²) in [5, 5.41) is 0. The fraction of sp³-hybridized carbons (Fsp3) is 0.467. The normalized spacial score (nSPS) is 15.3. The van der Waals surface area contributed by atoms with Crippen LogP contribution in [-0.4, -0.2) is 32.3 Å². The van der Waals surface area contributed by atoms with Gasteiger partial charge in [-0.15, -0.1) is 0 Å². The third kappa shape index (κ3) is 2.48. The number of Topliss-reactive ketones (excluding diaryl/α,β-unsaturated/α-hetero) is 1. The molecule has 19 heavy (non-hydrogen) atoms. The van der Waals surface area contributed by atoms with E-state index < -0.39 is 0 Å². The van der Waals surface area contributed by atoms with Crippen LogP contribution in [0.4, 0.5) is 0 Å². The van der Waals surface area contributed by atoms with E-state index in [0.717, 1.165) is 35.6 Å². The Bertz CT molecular complexity index is 534. The Labute approximate surface area is 113 Å². The summed E-state index contributed by atoms with van der Waals surface area (Å²) in [5.41, 5.74) is 3.03. The van der Waals surface area contributed by atoms with Crippen LogP contribution in [-0.2, 0) is 11.2 Å². The zero-order valence-corrected chi connectivity index (χ0v) is 11.8. The Morgan fingerprint density at radius 2 is 1.89 bits per heavy atom. The zero-order valence-electron chi connectivity index (χ0n) is 11.8. The minimum Gasteiger partial charge on any atom is -0.493 e. The smallest absolute Gasteiger partial charge is 0.161 e. The first kappa shape index (κ1) is 13.6. The maximum Gasteiger partial charge on any atom is 0.161 e. The summed E-state index contributed by atoms with van der Waals surface area (Å²) in [6, 6.07) is 3.90. The number of ether oxygens (including phenoxy) is 2. The molecule has 1 atom stereocenters. The quantitative estimate of drug-likeness (QED) is 0.835. The van der Waals surface area contributed by atoms with Crippen LogP contribution < -0.4 is 9.47 Å². The van der Waals surface area contributed by atoms with Crippen molar-refractivity contribution < 1.29 is 14.3 Å². The minimum atomic E-state index is -0.183. The van der Waals surface area contributed by atoms with Crippen molar-refractivity contribution in [2.24, 2.45) is 10.9 Å². The van der Waals surface area contributed by atoms with Crippen molar-refractivity contribution in [2.45, 2.75) is 20.3 Å². The molecule has 1 aliphatic rings. The fourth-order valence-electron chi connectivity index (χ4n) is 2.31. The Morgan fingerprint density at radius 3 is 2.47 bits per heavy atom. The molecule has 2 rings (SSSR count). The molecule has 0 bridgehead atoms. The summed E-state index contributed by atoms with van der Waals surface area (Å²) in [4.78, 5) is 16.1. The number of hydrogen-bond donors (Lipinski definition) is 0. The molecule has 1 heterocycles. The van der Waals surface area contributed by atoms with E-state index in [9.17, 15) is 4.79 Å². The van der Waals surface area contributed by atoms with Gasteiger partial charge in [0.05, 0.1) is 25.8 Å². The summed E-state index contributed by atoms with van der Waals surface area (Å²) in [6.45, 7) is 4.21. The number of aliphatic imine (C=N–C) groups is 1. The number of ketones is 1. The predicted octanol–water partition coefficient (Wildman–Crippen LogP) is 2.27. The molecule has 4 nitrogen and oxygen atoms in total. The van der Waals surface area contributed by atoms with Crippen molar-refractivity contribution >= 4 is 11.5 Å². The van der Waals surface area contributed by atoms with Crippen molar-refractivity contribution in [1.82, 2.24) is 0 Å². The Kier molecular flexibility index (Phi) is 3.88. The van der Waals surface area contributed by atoms with Crippen LogP contribution in [0, 0.1) is 5.92 Å². The molecule has 0 radical (unpaired) electrons. The molecular formula is C15H19NO3. The number of rotatable bonds is 4. The topological polar surface area (TPSA) is 47.9 Å². The summed E-state index contributed by atoms with van der Waals surface area (Å²) in [7, 11) is 3.23. The van der Waals surface area contributed by atoms with E-state index in [1.54, 1.807) is 21.1 Å². The second-order valence-electron chi connectivity index (χ2n) is 4.71. The maximum absolute atomic E-state index is 11.6. The van der Waals surface area contributed by atoms with Gasteiger partial charge in [0, 0.05) is 12.1 Å². The lowest BCUT2D eigenvalue weighted by atomic mass is 9.88. The summed E-state index contributed by atoms with van der Waals surface area (Å²) in [5.74, 6) is 1.34. The third-order valence-electron chi connectivity index (χ3n) is 3.57. The standard InChI is InChI=1S/C15H19NO3/c1-9(10(2)17)15-12-8-14(19-4)13(18-3)7-11(12)5-6-16-15/h7-9H,5-6H2,1-4H3/t9-/m1/s1. The number of carbonyl (C=O) groups excluding carboxylic acids is 1. The van der Waals surface area contributed by atoms with Crippen LogP contribution >= 0.6 is 0 Å². The molecule has 1 aromatic rings. The molecule has 0 aliphatic carbocycles. The van der Waals surface area contributed by atoms with E-state index in [1.165, 1.54) is 0 Å². The zero-order chi connectivity index (χ0) is 14.0. The molecule has 0 N–H and O–H groups in total. The van der Waals surface area contributed by atoms with Crippen molar-refractivity contribution in [1.29, 1.82) is 0 Å². The molecular weight excluding hydrogens is 242 g/mol. The van der Waals surface area contributed by atoms with Crippen LogP contribution in [0.25, 0.3) is 0 Å². The molecule has 0 unspecified atom stereocenters. The number of methoxy groups -OCH3 is 2. The van der Waals surface area contributed by atoms with Gasteiger partial charge in [-0.2, -0.15) is 0 Å². The van der Waals surface area contributed by atoms with Gasteiger partial charge in [0.2, 0.25) is 0 Å². The van der Waals surface area contributed by atoms with E-state index in [1.807, 2.05) is 19.1 Å². The lowest BCUT2D eigenvalue weighted by molar-refractivity contribution is -0.118. The minimum absolute atomic E-state index is 0.126. The molecule has 0 amide bonds. The third-order valence-corrected chi connectivity index (χ3v) is 3.57. The molecule has 0 saturated heterocycles. The number of carbonyl (C=O) groups is 1. The number of fused-ring (bicyclic) bond motifs is 1. The number of nitrogens with zero attached hydrogens (tertiary/aromatic N) is 1. The number of hydrogen-bond acceptors (Lipinski definition) is 4. The highest BCUT2D eigenvalue weighted by atomic mass is 16.5. The van der Waals surface area contributed by atoms with Crippen molar-refractivity contribution in [3.63, 3.8) is 0 Å². The SMILES string of the molecule is COc1cc2c(cc1OC)C([C@H](C)C(C)=O)=NCC2. The van der Waals surface area contributed by atoms with Crippen LogP contribution in [0.15, 0.2) is 17.1 Å². The van der Waals surface area contributed by atoms with Gasteiger partial charge in [0.25, 0.3) is 0 Å². The second-order valence-corrected chi connectivity index (χ2v) is 4.71.